The van der Waals surface area contributed by atoms with Crippen LogP contribution in [-0.2, 0) is 4.79 Å². The van der Waals surface area contributed by atoms with E-state index < -0.39 is 17.2 Å². The standard InChI is InChI=1S/C21H17N3O4/c1-24-16-9-4-3-8-14(16)19(25)17(21(24)27)18-15(20(26)23-22-18)11-12-6-5-7-13(10-12)28-2/h3-11,22H,1-2H3,(H,23,26)/b15-11-,18-17+. The zero-order valence-electron chi connectivity index (χ0n) is 15.3. The number of hydrogen-bond donors (Lipinski definition) is 2. The SMILES string of the molecule is COc1cccc(/C=c2\c(=O)[nH][nH]\c2=C2/C(=O)c3ccccc3N(C)C2=O)c1. The van der Waals surface area contributed by atoms with Crippen molar-refractivity contribution in [1.29, 1.82) is 0 Å². The predicted octanol–water partition coefficient (Wildman–Crippen LogP) is 0.550. The monoisotopic (exact) mass is 375 g/mol. The summed E-state index contributed by atoms with van der Waals surface area (Å²) >= 11 is 0. The van der Waals surface area contributed by atoms with Gasteiger partial charge in [0, 0.05) is 12.6 Å². The van der Waals surface area contributed by atoms with Crippen LogP contribution in [0, 0.1) is 0 Å². The maximum absolute atomic E-state index is 13.0. The molecule has 0 saturated heterocycles. The predicted molar refractivity (Wildman–Crippen MR) is 105 cm³/mol. The lowest BCUT2D eigenvalue weighted by atomic mass is 9.95. The number of nitrogens with zero attached hydrogens (tertiary/aromatic N) is 1. The van der Waals surface area contributed by atoms with E-state index in [2.05, 4.69) is 10.2 Å². The highest BCUT2D eigenvalue weighted by atomic mass is 16.5. The summed E-state index contributed by atoms with van der Waals surface area (Å²) in [6.07, 6.45) is 1.61. The molecule has 0 aliphatic carbocycles. The van der Waals surface area contributed by atoms with E-state index in [1.54, 1.807) is 68.8 Å². The molecule has 2 heterocycles. The molecule has 7 nitrogen and oxygen atoms in total. The number of rotatable bonds is 2. The summed E-state index contributed by atoms with van der Waals surface area (Å²) in [6.45, 7) is 0. The van der Waals surface area contributed by atoms with Gasteiger partial charge < -0.3 is 9.64 Å². The first-order chi connectivity index (χ1) is 13.5. The summed E-state index contributed by atoms with van der Waals surface area (Å²) in [7, 11) is 3.15. The van der Waals surface area contributed by atoms with Gasteiger partial charge in [-0.05, 0) is 35.9 Å². The summed E-state index contributed by atoms with van der Waals surface area (Å²) in [4.78, 5) is 39.7. The minimum atomic E-state index is -0.473. The van der Waals surface area contributed by atoms with E-state index in [1.165, 1.54) is 4.90 Å². The number of H-pyrrole nitrogens is 2. The number of para-hydroxylation sites is 1. The number of amides is 1. The quantitative estimate of drug-likeness (QED) is 0.684. The Morgan fingerprint density at radius 2 is 1.79 bits per heavy atom. The fourth-order valence-electron chi connectivity index (χ4n) is 3.29. The van der Waals surface area contributed by atoms with Gasteiger partial charge in [0.05, 0.1) is 23.4 Å². The van der Waals surface area contributed by atoms with Crippen LogP contribution in [0.4, 0.5) is 5.69 Å². The van der Waals surface area contributed by atoms with E-state index in [0.29, 0.717) is 22.6 Å². The second-order valence-corrected chi connectivity index (χ2v) is 6.37. The highest BCUT2D eigenvalue weighted by molar-refractivity contribution is 6.51. The highest BCUT2D eigenvalue weighted by Crippen LogP contribution is 2.28. The van der Waals surface area contributed by atoms with Crippen molar-refractivity contribution in [2.75, 3.05) is 19.1 Å². The molecule has 4 rings (SSSR count). The number of ether oxygens (including phenoxy) is 1. The first-order valence-corrected chi connectivity index (χ1v) is 8.60. The minimum absolute atomic E-state index is 0.0753. The zero-order chi connectivity index (χ0) is 19.8. The number of aromatic nitrogens is 2. The Morgan fingerprint density at radius 3 is 2.57 bits per heavy atom. The van der Waals surface area contributed by atoms with Crippen molar-refractivity contribution in [3.05, 3.63) is 80.6 Å². The number of carbonyl (C=O) groups is 2. The van der Waals surface area contributed by atoms with Crippen LogP contribution in [0.15, 0.2) is 53.3 Å². The third-order valence-corrected chi connectivity index (χ3v) is 4.73. The molecule has 3 aromatic rings. The molecule has 28 heavy (non-hydrogen) atoms. The van der Waals surface area contributed by atoms with Crippen LogP contribution in [0.3, 0.4) is 0 Å². The minimum Gasteiger partial charge on any atom is -0.497 e. The van der Waals surface area contributed by atoms with E-state index in [9.17, 15) is 14.4 Å². The van der Waals surface area contributed by atoms with Gasteiger partial charge in [0.1, 0.15) is 11.3 Å². The second kappa shape index (κ2) is 6.70. The van der Waals surface area contributed by atoms with Crippen molar-refractivity contribution >= 4 is 29.0 Å². The van der Waals surface area contributed by atoms with Gasteiger partial charge in [-0.2, -0.15) is 0 Å². The molecule has 1 amide bonds. The maximum atomic E-state index is 13.0. The summed E-state index contributed by atoms with van der Waals surface area (Å²) in [5, 5.41) is 5.55. The molecule has 0 fully saturated rings. The van der Waals surface area contributed by atoms with Crippen LogP contribution in [0.1, 0.15) is 15.9 Å². The maximum Gasteiger partial charge on any atom is 0.271 e. The number of methoxy groups -OCH3 is 1. The average Bonchev–Trinajstić information content (AvgIpc) is 3.07. The molecule has 0 atom stereocenters. The molecule has 0 spiro atoms. The Labute approximate surface area is 159 Å². The van der Waals surface area contributed by atoms with Crippen molar-refractivity contribution in [3.8, 4) is 5.75 Å². The molecular weight excluding hydrogens is 358 g/mol. The molecular formula is C21H17N3O4. The van der Waals surface area contributed by atoms with Crippen LogP contribution < -0.4 is 25.8 Å². The molecule has 1 aliphatic rings. The number of hydrogen-bond acceptors (Lipinski definition) is 4. The van der Waals surface area contributed by atoms with Gasteiger partial charge in [-0.3, -0.25) is 24.6 Å². The lowest BCUT2D eigenvalue weighted by Crippen LogP contribution is -2.44. The number of fused-ring (bicyclic) bond motifs is 1. The topological polar surface area (TPSA) is 95.3 Å². The Hall–Kier alpha value is -3.87. The van der Waals surface area contributed by atoms with Gasteiger partial charge in [-0.1, -0.05) is 24.3 Å². The smallest absolute Gasteiger partial charge is 0.271 e. The lowest BCUT2D eigenvalue weighted by molar-refractivity contribution is -0.113. The number of anilines is 1. The Morgan fingerprint density at radius 1 is 1.00 bits per heavy atom. The molecule has 2 N–H and O–H groups in total. The number of aromatic amines is 2. The van der Waals surface area contributed by atoms with Crippen LogP contribution in [0.5, 0.6) is 5.75 Å². The number of carbonyl (C=O) groups excluding carboxylic acids is 2. The van der Waals surface area contributed by atoms with Gasteiger partial charge in [-0.25, -0.2) is 0 Å². The third kappa shape index (κ3) is 2.73. The number of nitrogens with one attached hydrogen (secondary N) is 2. The van der Waals surface area contributed by atoms with E-state index in [-0.39, 0.29) is 16.1 Å². The summed E-state index contributed by atoms with van der Waals surface area (Å²) in [5.41, 5.74) is 1.16. The average molecular weight is 375 g/mol. The van der Waals surface area contributed by atoms with E-state index in [4.69, 9.17) is 4.74 Å². The first kappa shape index (κ1) is 17.5. The molecule has 7 heteroatoms. The number of ketones is 1. The summed E-state index contributed by atoms with van der Waals surface area (Å²) in [6, 6.07) is 14.0. The Bertz CT molecular complexity index is 1280. The van der Waals surface area contributed by atoms with Crippen molar-refractivity contribution in [2.24, 2.45) is 0 Å². The zero-order valence-corrected chi connectivity index (χ0v) is 15.3. The van der Waals surface area contributed by atoms with Gasteiger partial charge in [0.2, 0.25) is 5.78 Å². The van der Waals surface area contributed by atoms with Crippen molar-refractivity contribution < 1.29 is 14.3 Å². The van der Waals surface area contributed by atoms with Crippen molar-refractivity contribution in [3.63, 3.8) is 0 Å². The molecule has 1 aliphatic heterocycles. The fourth-order valence-corrected chi connectivity index (χ4v) is 3.29. The van der Waals surface area contributed by atoms with Gasteiger partial charge in [0.25, 0.3) is 11.5 Å². The Balaban J connectivity index is 2.02. The molecule has 0 radical (unpaired) electrons. The summed E-state index contributed by atoms with van der Waals surface area (Å²) < 4.78 is 5.20. The van der Waals surface area contributed by atoms with Gasteiger partial charge >= 0.3 is 0 Å². The molecule has 2 aromatic carbocycles. The molecule has 140 valence electrons. The third-order valence-electron chi connectivity index (χ3n) is 4.73. The molecule has 0 saturated carbocycles. The largest absolute Gasteiger partial charge is 0.497 e. The second-order valence-electron chi connectivity index (χ2n) is 6.37. The van der Waals surface area contributed by atoms with E-state index in [0.717, 1.165) is 0 Å². The van der Waals surface area contributed by atoms with Crippen LogP contribution in [-0.4, -0.2) is 36.0 Å². The molecule has 1 aromatic heterocycles. The fraction of sp³-hybridized carbons (Fsp3) is 0.0952. The van der Waals surface area contributed by atoms with E-state index >= 15 is 0 Å². The Kier molecular flexibility index (Phi) is 4.19. The van der Waals surface area contributed by atoms with Crippen molar-refractivity contribution in [1.82, 2.24) is 10.2 Å². The number of Topliss-reactive ketones (excluding diaryl/α,β-unsaturated/α-hetero) is 1. The highest BCUT2D eigenvalue weighted by Gasteiger charge is 2.33. The van der Waals surface area contributed by atoms with Crippen LogP contribution >= 0.6 is 0 Å². The van der Waals surface area contributed by atoms with Gasteiger partial charge in [-0.15, -0.1) is 0 Å². The van der Waals surface area contributed by atoms with Gasteiger partial charge in [0.15, 0.2) is 0 Å². The normalized spacial score (nSPS) is 16.4. The molecule has 0 unspecified atom stereocenters. The van der Waals surface area contributed by atoms with Crippen LogP contribution in [0.2, 0.25) is 0 Å². The van der Waals surface area contributed by atoms with E-state index in [1.807, 2.05) is 0 Å². The summed E-state index contributed by atoms with van der Waals surface area (Å²) in [5.74, 6) is -0.262. The van der Waals surface area contributed by atoms with Crippen molar-refractivity contribution in [2.45, 2.75) is 0 Å². The van der Waals surface area contributed by atoms with Crippen LogP contribution in [0.25, 0.3) is 11.6 Å². The lowest BCUT2D eigenvalue weighted by Gasteiger charge is -2.25. The molecule has 0 bridgehead atoms. The first-order valence-electron chi connectivity index (χ1n) is 8.60. The number of benzene rings is 2.